The van der Waals surface area contributed by atoms with Gasteiger partial charge in [-0.15, -0.1) is 0 Å². The first-order chi connectivity index (χ1) is 11.4. The fourth-order valence-electron chi connectivity index (χ4n) is 2.91. The molecule has 2 atom stereocenters. The van der Waals surface area contributed by atoms with Gasteiger partial charge in [-0.2, -0.15) is 5.26 Å². The van der Waals surface area contributed by atoms with E-state index in [0.717, 1.165) is 19.3 Å². The third-order valence-electron chi connectivity index (χ3n) is 4.27. The molecular formula is C18H21N3O3. The second-order valence-electron chi connectivity index (χ2n) is 6.07. The molecule has 0 saturated carbocycles. The summed E-state index contributed by atoms with van der Waals surface area (Å²) in [5, 5.41) is 20.9. The van der Waals surface area contributed by atoms with E-state index in [2.05, 4.69) is 24.1 Å². The van der Waals surface area contributed by atoms with Crippen molar-refractivity contribution in [3.05, 3.63) is 41.6 Å². The average Bonchev–Trinajstić information content (AvgIpc) is 2.54. The Balaban J connectivity index is 2.17. The zero-order valence-electron chi connectivity index (χ0n) is 13.8. The van der Waals surface area contributed by atoms with Crippen LogP contribution in [0.3, 0.4) is 0 Å². The van der Waals surface area contributed by atoms with Gasteiger partial charge in [0, 0.05) is 24.0 Å². The number of anilines is 1. The average molecular weight is 327 g/mol. The van der Waals surface area contributed by atoms with Gasteiger partial charge in [0.1, 0.15) is 11.6 Å². The number of carbonyl (C=O) groups is 2. The molecule has 0 aromatic heterocycles. The van der Waals surface area contributed by atoms with Gasteiger partial charge < -0.3 is 15.3 Å². The number of amides is 1. The fourth-order valence-corrected chi connectivity index (χ4v) is 2.91. The number of hydrogen-bond donors (Lipinski definition) is 2. The van der Waals surface area contributed by atoms with Crippen molar-refractivity contribution < 1.29 is 14.7 Å². The predicted octanol–water partition coefficient (Wildman–Crippen LogP) is 2.99. The van der Waals surface area contributed by atoms with Crippen molar-refractivity contribution in [3.63, 3.8) is 0 Å². The number of nitrogens with one attached hydrogen (secondary N) is 1. The van der Waals surface area contributed by atoms with Crippen molar-refractivity contribution in [1.82, 2.24) is 4.90 Å². The van der Waals surface area contributed by atoms with E-state index in [0.29, 0.717) is 5.69 Å². The summed E-state index contributed by atoms with van der Waals surface area (Å²) in [5.74, 6) is -1.61. The summed E-state index contributed by atoms with van der Waals surface area (Å²) in [4.78, 5) is 25.4. The molecule has 0 radical (unpaired) electrons. The summed E-state index contributed by atoms with van der Waals surface area (Å²) in [7, 11) is 0. The Morgan fingerprint density at radius 3 is 2.58 bits per heavy atom. The maximum absolute atomic E-state index is 12.3. The molecule has 1 amide bonds. The molecule has 0 aliphatic carbocycles. The number of carboxylic acids is 1. The van der Waals surface area contributed by atoms with Crippen LogP contribution >= 0.6 is 0 Å². The first-order valence-corrected chi connectivity index (χ1v) is 7.96. The number of nitrogens with zero attached hydrogens (tertiary/aromatic N) is 2. The fraction of sp³-hybridized carbons (Fsp3) is 0.389. The number of carbonyl (C=O) groups excluding carboxylic acids is 1. The van der Waals surface area contributed by atoms with Gasteiger partial charge in [-0.25, -0.2) is 4.79 Å². The minimum absolute atomic E-state index is 0.0105. The van der Waals surface area contributed by atoms with Crippen LogP contribution in [-0.4, -0.2) is 34.0 Å². The molecule has 2 rings (SSSR count). The SMILES string of the molecule is CC1CCCC(C)N1/C=C(/C#N)C(=O)Nc1cccc(C(=O)O)c1. The van der Waals surface area contributed by atoms with Crippen molar-refractivity contribution in [2.45, 2.75) is 45.2 Å². The van der Waals surface area contributed by atoms with Crippen LogP contribution in [0, 0.1) is 11.3 Å². The summed E-state index contributed by atoms with van der Waals surface area (Å²) in [6, 6.07) is 8.43. The van der Waals surface area contributed by atoms with Crippen molar-refractivity contribution in [1.29, 1.82) is 5.26 Å². The highest BCUT2D eigenvalue weighted by Crippen LogP contribution is 2.23. The molecule has 2 unspecified atom stereocenters. The summed E-state index contributed by atoms with van der Waals surface area (Å²) >= 11 is 0. The molecule has 6 nitrogen and oxygen atoms in total. The molecule has 2 N–H and O–H groups in total. The highest BCUT2D eigenvalue weighted by Gasteiger charge is 2.23. The molecule has 1 heterocycles. The minimum atomic E-state index is -1.07. The first kappa shape index (κ1) is 17.5. The van der Waals surface area contributed by atoms with Crippen molar-refractivity contribution >= 4 is 17.6 Å². The third kappa shape index (κ3) is 4.13. The van der Waals surface area contributed by atoms with Crippen molar-refractivity contribution in [2.75, 3.05) is 5.32 Å². The number of hydrogen-bond acceptors (Lipinski definition) is 4. The lowest BCUT2D eigenvalue weighted by molar-refractivity contribution is -0.112. The van der Waals surface area contributed by atoms with Gasteiger partial charge in [0.05, 0.1) is 5.56 Å². The molecule has 1 aliphatic heterocycles. The Hall–Kier alpha value is -2.81. The topological polar surface area (TPSA) is 93.4 Å². The quantitative estimate of drug-likeness (QED) is 0.655. The van der Waals surface area contributed by atoms with Crippen LogP contribution in [-0.2, 0) is 4.79 Å². The zero-order valence-corrected chi connectivity index (χ0v) is 13.8. The van der Waals surface area contributed by atoms with Crippen molar-refractivity contribution in [3.8, 4) is 6.07 Å². The van der Waals surface area contributed by atoms with Crippen LogP contribution < -0.4 is 5.32 Å². The number of rotatable bonds is 4. The Labute approximate surface area is 141 Å². The summed E-state index contributed by atoms with van der Waals surface area (Å²) in [6.45, 7) is 4.16. The molecule has 1 fully saturated rings. The van der Waals surface area contributed by atoms with Gasteiger partial charge >= 0.3 is 5.97 Å². The number of piperidine rings is 1. The number of nitriles is 1. The molecule has 0 bridgehead atoms. The van der Waals surface area contributed by atoms with Crippen LogP contribution in [0.25, 0.3) is 0 Å². The maximum Gasteiger partial charge on any atom is 0.335 e. The Bertz CT molecular complexity index is 696. The molecule has 6 heteroatoms. The summed E-state index contributed by atoms with van der Waals surface area (Å²) in [6.07, 6.45) is 4.82. The van der Waals surface area contributed by atoms with Crippen LogP contribution in [0.1, 0.15) is 43.5 Å². The number of benzene rings is 1. The standard InChI is InChI=1S/C18H21N3O3/c1-12-5-3-6-13(2)21(12)11-15(10-19)17(22)20-16-8-4-7-14(9-16)18(23)24/h4,7-9,11-13H,3,5-6H2,1-2H3,(H,20,22)(H,23,24)/b15-11-. The van der Waals surface area contributed by atoms with Gasteiger partial charge in [-0.1, -0.05) is 6.07 Å². The van der Waals surface area contributed by atoms with E-state index in [4.69, 9.17) is 5.11 Å². The van der Waals surface area contributed by atoms with Gasteiger partial charge in [0.25, 0.3) is 5.91 Å². The second kappa shape index (κ2) is 7.64. The molecule has 1 saturated heterocycles. The molecule has 1 aromatic rings. The lowest BCUT2D eigenvalue weighted by Gasteiger charge is -2.38. The Morgan fingerprint density at radius 1 is 1.33 bits per heavy atom. The molecule has 0 spiro atoms. The van der Waals surface area contributed by atoms with E-state index in [1.807, 2.05) is 6.07 Å². The largest absolute Gasteiger partial charge is 0.478 e. The van der Waals surface area contributed by atoms with Crippen LogP contribution in [0.15, 0.2) is 36.0 Å². The molecule has 1 aromatic carbocycles. The van der Waals surface area contributed by atoms with Crippen LogP contribution in [0.2, 0.25) is 0 Å². The van der Waals surface area contributed by atoms with E-state index in [-0.39, 0.29) is 23.2 Å². The monoisotopic (exact) mass is 327 g/mol. The summed E-state index contributed by atoms with van der Waals surface area (Å²) < 4.78 is 0. The van der Waals surface area contributed by atoms with Crippen molar-refractivity contribution in [2.24, 2.45) is 0 Å². The second-order valence-corrected chi connectivity index (χ2v) is 6.07. The van der Waals surface area contributed by atoms with E-state index in [1.165, 1.54) is 12.1 Å². The van der Waals surface area contributed by atoms with E-state index in [9.17, 15) is 14.9 Å². The van der Waals surface area contributed by atoms with Gasteiger partial charge in [0.15, 0.2) is 0 Å². The molecular weight excluding hydrogens is 306 g/mol. The van der Waals surface area contributed by atoms with Crippen LogP contribution in [0.5, 0.6) is 0 Å². The molecule has 126 valence electrons. The van der Waals surface area contributed by atoms with Gasteiger partial charge in [0.2, 0.25) is 0 Å². The maximum atomic E-state index is 12.3. The van der Waals surface area contributed by atoms with E-state index in [1.54, 1.807) is 18.3 Å². The Morgan fingerprint density at radius 2 is 2.00 bits per heavy atom. The highest BCUT2D eigenvalue weighted by atomic mass is 16.4. The zero-order chi connectivity index (χ0) is 17.7. The van der Waals surface area contributed by atoms with E-state index < -0.39 is 11.9 Å². The van der Waals surface area contributed by atoms with E-state index >= 15 is 0 Å². The number of likely N-dealkylation sites (tertiary alicyclic amines) is 1. The molecule has 1 aliphatic rings. The highest BCUT2D eigenvalue weighted by molar-refractivity contribution is 6.06. The lowest BCUT2D eigenvalue weighted by Crippen LogP contribution is -2.40. The lowest BCUT2D eigenvalue weighted by atomic mass is 9.98. The molecule has 24 heavy (non-hydrogen) atoms. The normalized spacial score (nSPS) is 21.0. The minimum Gasteiger partial charge on any atom is -0.478 e. The first-order valence-electron chi connectivity index (χ1n) is 7.96. The van der Waals surface area contributed by atoms with Gasteiger partial charge in [-0.3, -0.25) is 4.79 Å². The smallest absolute Gasteiger partial charge is 0.335 e. The Kier molecular flexibility index (Phi) is 5.59. The van der Waals surface area contributed by atoms with Gasteiger partial charge in [-0.05, 0) is 51.3 Å². The third-order valence-corrected chi connectivity index (χ3v) is 4.27. The van der Waals surface area contributed by atoms with Crippen LogP contribution in [0.4, 0.5) is 5.69 Å². The predicted molar refractivity (Wildman–Crippen MR) is 90.3 cm³/mol. The number of carboxylic acid groups (broad SMARTS) is 1. The summed E-state index contributed by atoms with van der Waals surface area (Å²) in [5.41, 5.74) is 0.436. The number of aromatic carboxylic acids is 1.